The highest BCUT2D eigenvalue weighted by molar-refractivity contribution is 7.80. The minimum absolute atomic E-state index is 0.0744. The van der Waals surface area contributed by atoms with E-state index in [2.05, 4.69) is 52.1 Å². The molecule has 0 bridgehead atoms. The molecule has 4 rings (SSSR count). The van der Waals surface area contributed by atoms with Crippen molar-refractivity contribution >= 4 is 23.0 Å². The average molecular weight is 423 g/mol. The monoisotopic (exact) mass is 422 g/mol. The van der Waals surface area contributed by atoms with Crippen LogP contribution in [0.5, 0.6) is 11.5 Å². The normalized spacial score (nSPS) is 18.6. The van der Waals surface area contributed by atoms with Gasteiger partial charge in [-0.05, 0) is 62.0 Å². The van der Waals surface area contributed by atoms with Gasteiger partial charge in [-0.3, -0.25) is 4.98 Å². The van der Waals surface area contributed by atoms with Gasteiger partial charge in [0, 0.05) is 30.7 Å². The van der Waals surface area contributed by atoms with Gasteiger partial charge >= 0.3 is 0 Å². The van der Waals surface area contributed by atoms with Gasteiger partial charge < -0.3 is 24.3 Å². The highest BCUT2D eigenvalue weighted by Gasteiger charge is 2.42. The second-order valence-electron chi connectivity index (χ2n) is 7.52. The molecule has 1 fully saturated rings. The summed E-state index contributed by atoms with van der Waals surface area (Å²) in [6.45, 7) is 4.34. The summed E-state index contributed by atoms with van der Waals surface area (Å²) >= 11 is 5.80. The van der Waals surface area contributed by atoms with E-state index in [-0.39, 0.29) is 12.1 Å². The number of aromatic nitrogens is 2. The van der Waals surface area contributed by atoms with Crippen molar-refractivity contribution in [1.29, 1.82) is 0 Å². The zero-order valence-electron chi connectivity index (χ0n) is 17.6. The Morgan fingerprint density at radius 2 is 1.93 bits per heavy atom. The minimum atomic E-state index is -0.0893. The molecule has 3 heterocycles. The summed E-state index contributed by atoms with van der Waals surface area (Å²) in [4.78, 5) is 6.72. The quantitative estimate of drug-likeness (QED) is 0.583. The predicted molar refractivity (Wildman–Crippen MR) is 122 cm³/mol. The molecule has 0 spiro atoms. The van der Waals surface area contributed by atoms with Crippen LogP contribution in [0, 0.1) is 0 Å². The van der Waals surface area contributed by atoms with E-state index >= 15 is 0 Å². The highest BCUT2D eigenvalue weighted by atomic mass is 32.1. The molecule has 156 valence electrons. The number of nitrogens with zero attached hydrogens (tertiary/aromatic N) is 3. The maximum absolute atomic E-state index is 5.80. The first-order valence-corrected chi connectivity index (χ1v) is 10.3. The molecule has 0 unspecified atom stereocenters. The summed E-state index contributed by atoms with van der Waals surface area (Å²) in [6, 6.07) is 14.1. The number of nitrogens with one attached hydrogen (secondary N) is 1. The van der Waals surface area contributed by atoms with Crippen LogP contribution in [0.25, 0.3) is 0 Å². The topological polar surface area (TPSA) is 51.5 Å². The third kappa shape index (κ3) is 3.61. The molecule has 3 aromatic rings. The van der Waals surface area contributed by atoms with Crippen LogP contribution < -0.4 is 19.7 Å². The second-order valence-corrected chi connectivity index (χ2v) is 7.91. The summed E-state index contributed by atoms with van der Waals surface area (Å²) in [6.07, 6.45) is 6.11. The number of pyridine rings is 1. The van der Waals surface area contributed by atoms with Gasteiger partial charge in [0.2, 0.25) is 0 Å². The Hall–Kier alpha value is -3.06. The van der Waals surface area contributed by atoms with Crippen molar-refractivity contribution < 1.29 is 9.47 Å². The van der Waals surface area contributed by atoms with E-state index in [0.29, 0.717) is 16.9 Å². The first-order chi connectivity index (χ1) is 14.5. The van der Waals surface area contributed by atoms with Crippen LogP contribution >= 0.6 is 12.2 Å². The van der Waals surface area contributed by atoms with Gasteiger partial charge in [-0.25, -0.2) is 0 Å². The fourth-order valence-corrected chi connectivity index (χ4v) is 4.20. The standard InChI is InChI=1S/C23H26N4O2S/c1-15(2)26-12-10-16(14-26)22-21(18-7-5-6-11-24-18)25-23(30)27(22)19-9-8-17(28-3)13-20(19)29-4/h5-15,21-22H,1-4H3,(H,25,30)/t21-,22+/m0/s1. The van der Waals surface area contributed by atoms with E-state index in [0.717, 1.165) is 22.7 Å². The Morgan fingerprint density at radius 1 is 1.10 bits per heavy atom. The van der Waals surface area contributed by atoms with Crippen LogP contribution in [0.3, 0.4) is 0 Å². The van der Waals surface area contributed by atoms with E-state index in [1.807, 2.05) is 42.6 Å². The number of thiocarbonyl (C=S) groups is 1. The van der Waals surface area contributed by atoms with Crippen LogP contribution in [-0.2, 0) is 0 Å². The van der Waals surface area contributed by atoms with Crippen molar-refractivity contribution in [3.05, 3.63) is 72.3 Å². The largest absolute Gasteiger partial charge is 0.497 e. The van der Waals surface area contributed by atoms with Gasteiger partial charge in [-0.15, -0.1) is 0 Å². The van der Waals surface area contributed by atoms with Gasteiger partial charge in [-0.2, -0.15) is 0 Å². The lowest BCUT2D eigenvalue weighted by molar-refractivity contribution is 0.394. The van der Waals surface area contributed by atoms with Crippen molar-refractivity contribution in [3.8, 4) is 11.5 Å². The molecule has 30 heavy (non-hydrogen) atoms. The Labute approximate surface area is 182 Å². The van der Waals surface area contributed by atoms with Gasteiger partial charge in [0.15, 0.2) is 5.11 Å². The van der Waals surface area contributed by atoms with Crippen molar-refractivity contribution in [2.75, 3.05) is 19.1 Å². The summed E-state index contributed by atoms with van der Waals surface area (Å²) < 4.78 is 13.3. The Bertz CT molecular complexity index is 1030. The minimum Gasteiger partial charge on any atom is -0.497 e. The highest BCUT2D eigenvalue weighted by Crippen LogP contribution is 2.45. The summed E-state index contributed by atoms with van der Waals surface area (Å²) in [5, 5.41) is 4.12. The van der Waals surface area contributed by atoms with E-state index in [1.54, 1.807) is 14.2 Å². The second kappa shape index (κ2) is 8.36. The molecule has 2 aromatic heterocycles. The zero-order chi connectivity index (χ0) is 21.3. The average Bonchev–Trinajstić information content (AvgIpc) is 3.38. The number of benzene rings is 1. The molecule has 1 aliphatic rings. The van der Waals surface area contributed by atoms with Crippen LogP contribution in [0.1, 0.15) is 43.2 Å². The maximum atomic E-state index is 5.80. The van der Waals surface area contributed by atoms with Gasteiger partial charge in [-0.1, -0.05) is 6.07 Å². The Morgan fingerprint density at radius 3 is 2.57 bits per heavy atom. The molecule has 7 heteroatoms. The number of rotatable bonds is 6. The summed E-state index contributed by atoms with van der Waals surface area (Å²) in [5.41, 5.74) is 2.98. The third-order valence-electron chi connectivity index (χ3n) is 5.42. The smallest absolute Gasteiger partial charge is 0.174 e. The molecule has 0 aliphatic carbocycles. The van der Waals surface area contributed by atoms with Gasteiger partial charge in [0.25, 0.3) is 0 Å². The van der Waals surface area contributed by atoms with E-state index in [9.17, 15) is 0 Å². The lowest BCUT2D eigenvalue weighted by atomic mass is 9.98. The van der Waals surface area contributed by atoms with Crippen LogP contribution in [0.4, 0.5) is 5.69 Å². The molecular weight excluding hydrogens is 396 g/mol. The molecule has 0 radical (unpaired) electrons. The Kier molecular flexibility index (Phi) is 5.63. The van der Waals surface area contributed by atoms with Crippen molar-refractivity contribution in [1.82, 2.24) is 14.9 Å². The molecule has 0 amide bonds. The van der Waals surface area contributed by atoms with Gasteiger partial charge in [0.05, 0.1) is 37.7 Å². The van der Waals surface area contributed by atoms with Crippen molar-refractivity contribution in [2.24, 2.45) is 0 Å². The molecule has 1 aliphatic heterocycles. The number of anilines is 1. The fourth-order valence-electron chi connectivity index (χ4n) is 3.86. The fraction of sp³-hybridized carbons (Fsp3) is 0.304. The molecular formula is C23H26N4O2S. The lowest BCUT2D eigenvalue weighted by Crippen LogP contribution is -2.29. The van der Waals surface area contributed by atoms with E-state index in [4.69, 9.17) is 21.7 Å². The molecule has 1 aromatic carbocycles. The maximum Gasteiger partial charge on any atom is 0.174 e. The molecule has 2 atom stereocenters. The van der Waals surface area contributed by atoms with Crippen LogP contribution in [0.15, 0.2) is 61.1 Å². The van der Waals surface area contributed by atoms with E-state index < -0.39 is 0 Å². The van der Waals surface area contributed by atoms with Crippen LogP contribution in [-0.4, -0.2) is 28.9 Å². The summed E-state index contributed by atoms with van der Waals surface area (Å²) in [7, 11) is 3.30. The number of ether oxygens (including phenoxy) is 2. The van der Waals surface area contributed by atoms with Crippen LogP contribution in [0.2, 0.25) is 0 Å². The first-order valence-electron chi connectivity index (χ1n) is 9.93. The third-order valence-corrected chi connectivity index (χ3v) is 5.73. The first kappa shape index (κ1) is 20.2. The van der Waals surface area contributed by atoms with E-state index in [1.165, 1.54) is 0 Å². The predicted octanol–water partition coefficient (Wildman–Crippen LogP) is 4.66. The summed E-state index contributed by atoms with van der Waals surface area (Å²) in [5.74, 6) is 1.44. The molecule has 1 N–H and O–H groups in total. The SMILES string of the molecule is COc1ccc(N2C(=S)N[C@@H](c3ccccn3)[C@H]2c2ccn(C(C)C)c2)c(OC)c1. The van der Waals surface area contributed by atoms with Gasteiger partial charge in [0.1, 0.15) is 11.5 Å². The number of hydrogen-bond acceptors (Lipinski definition) is 4. The number of hydrogen-bond donors (Lipinski definition) is 1. The molecule has 1 saturated heterocycles. The van der Waals surface area contributed by atoms with Crippen molar-refractivity contribution in [3.63, 3.8) is 0 Å². The lowest BCUT2D eigenvalue weighted by Gasteiger charge is -2.28. The Balaban J connectivity index is 1.84. The zero-order valence-corrected chi connectivity index (χ0v) is 18.4. The molecule has 6 nitrogen and oxygen atoms in total. The number of methoxy groups -OCH3 is 2. The molecule has 0 saturated carbocycles. The van der Waals surface area contributed by atoms with Crippen molar-refractivity contribution in [2.45, 2.75) is 32.0 Å².